The molecule has 4 atom stereocenters. The molecule has 0 aliphatic heterocycles. The van der Waals surface area contributed by atoms with E-state index >= 15 is 0 Å². The summed E-state index contributed by atoms with van der Waals surface area (Å²) < 4.78 is 43.7. The maximum Gasteiger partial charge on any atom is 0.573 e. The van der Waals surface area contributed by atoms with Gasteiger partial charge in [-0.3, -0.25) is 9.59 Å². The van der Waals surface area contributed by atoms with Crippen LogP contribution >= 0.6 is 0 Å². The van der Waals surface area contributed by atoms with Crippen LogP contribution in [0.2, 0.25) is 0 Å². The normalized spacial score (nSPS) is 22.6. The number of alkyl halides is 3. The SMILES string of the molecule is CC1C[C@@H](C)C[C@@](C)(n2c(Nc3ccc(OC(F)(F)F)cc3)nc3ccc(C(=O)N[C@H](C)C(=O)O)cc32)C1. The molecule has 1 unspecified atom stereocenters. The first-order valence-corrected chi connectivity index (χ1v) is 12.4. The molecule has 1 aromatic heterocycles. The molecular formula is C27H31F3N4O4. The lowest BCUT2D eigenvalue weighted by molar-refractivity contribution is -0.274. The lowest BCUT2D eigenvalue weighted by Crippen LogP contribution is -2.39. The van der Waals surface area contributed by atoms with Crippen LogP contribution in [0.4, 0.5) is 24.8 Å². The van der Waals surface area contributed by atoms with Gasteiger partial charge in [0.05, 0.1) is 11.0 Å². The second-order valence-electron chi connectivity index (χ2n) is 10.6. The third kappa shape index (κ3) is 6.03. The number of nitrogens with one attached hydrogen (secondary N) is 2. The van der Waals surface area contributed by atoms with Crippen molar-refractivity contribution in [3.63, 3.8) is 0 Å². The minimum atomic E-state index is -4.78. The zero-order chi connectivity index (χ0) is 27.8. The molecule has 3 N–H and O–H groups in total. The summed E-state index contributed by atoms with van der Waals surface area (Å²) in [7, 11) is 0. The first-order chi connectivity index (χ1) is 17.7. The molecule has 0 spiro atoms. The van der Waals surface area contributed by atoms with E-state index in [9.17, 15) is 22.8 Å². The number of amides is 1. The van der Waals surface area contributed by atoms with Crippen molar-refractivity contribution in [1.29, 1.82) is 0 Å². The Morgan fingerprint density at radius 2 is 1.76 bits per heavy atom. The molecule has 8 nitrogen and oxygen atoms in total. The Bertz CT molecular complexity index is 1330. The van der Waals surface area contributed by atoms with Crippen LogP contribution in [0.3, 0.4) is 0 Å². The number of carbonyl (C=O) groups is 2. The molecule has 4 rings (SSSR count). The second kappa shape index (κ2) is 10.2. The van der Waals surface area contributed by atoms with E-state index in [0.29, 0.717) is 40.1 Å². The van der Waals surface area contributed by atoms with Crippen LogP contribution in [0.1, 0.15) is 57.3 Å². The molecule has 1 heterocycles. The van der Waals surface area contributed by atoms with Crippen LogP contribution in [0.25, 0.3) is 11.0 Å². The standard InChI is InChI=1S/C27H31F3N4O4/c1-15-11-16(2)14-26(4,13-15)34-22-12-18(23(35)31-17(3)24(36)37)5-10-21(22)33-25(34)32-19-6-8-20(9-7-19)38-27(28,29)30/h5-10,12,15-17H,11,13-14H2,1-4H3,(H,31,35)(H,32,33)(H,36,37)/t15-,16?,17-,26-/m1/s1. The summed E-state index contributed by atoms with van der Waals surface area (Å²) in [6.07, 6.45) is -1.96. The first kappa shape index (κ1) is 27.3. The number of carbonyl (C=O) groups excluding carboxylic acids is 1. The number of rotatable bonds is 7. The molecule has 0 saturated heterocycles. The van der Waals surface area contributed by atoms with Gasteiger partial charge in [0, 0.05) is 16.8 Å². The number of imidazole rings is 1. The van der Waals surface area contributed by atoms with Crippen LogP contribution in [0.15, 0.2) is 42.5 Å². The van der Waals surface area contributed by atoms with E-state index in [4.69, 9.17) is 10.1 Å². The van der Waals surface area contributed by atoms with Crippen molar-refractivity contribution in [2.45, 2.75) is 64.9 Å². The molecule has 0 radical (unpaired) electrons. The summed E-state index contributed by atoms with van der Waals surface area (Å²) in [5.74, 6) is -0.610. The molecule has 1 amide bonds. The predicted octanol–water partition coefficient (Wildman–Crippen LogP) is 6.05. The zero-order valence-corrected chi connectivity index (χ0v) is 21.6. The molecule has 204 valence electrons. The third-order valence-corrected chi connectivity index (χ3v) is 6.90. The van der Waals surface area contributed by atoms with Crippen molar-refractivity contribution in [3.8, 4) is 5.75 Å². The highest BCUT2D eigenvalue weighted by Gasteiger charge is 2.38. The van der Waals surface area contributed by atoms with E-state index in [1.807, 2.05) is 0 Å². The average Bonchev–Trinajstić information content (AvgIpc) is 3.16. The quantitative estimate of drug-likeness (QED) is 0.342. The lowest BCUT2D eigenvalue weighted by Gasteiger charge is -2.42. The maximum atomic E-state index is 12.8. The maximum absolute atomic E-state index is 12.8. The Morgan fingerprint density at radius 3 is 2.34 bits per heavy atom. The number of aliphatic carboxylic acids is 1. The highest BCUT2D eigenvalue weighted by atomic mass is 19.4. The Kier molecular flexibility index (Phi) is 7.31. The number of ether oxygens (including phenoxy) is 1. The molecule has 1 fully saturated rings. The van der Waals surface area contributed by atoms with Crippen molar-refractivity contribution in [2.24, 2.45) is 11.8 Å². The summed E-state index contributed by atoms with van der Waals surface area (Å²) in [6, 6.07) is 9.34. The second-order valence-corrected chi connectivity index (χ2v) is 10.6. The third-order valence-electron chi connectivity index (χ3n) is 6.90. The number of carboxylic acids is 1. The molecule has 2 aromatic carbocycles. The number of nitrogens with zero attached hydrogens (tertiary/aromatic N) is 2. The minimum absolute atomic E-state index is 0.299. The van der Waals surface area contributed by atoms with Crippen molar-refractivity contribution >= 4 is 34.5 Å². The van der Waals surface area contributed by atoms with Gasteiger partial charge in [0.25, 0.3) is 5.91 Å². The Morgan fingerprint density at radius 1 is 1.13 bits per heavy atom. The summed E-state index contributed by atoms with van der Waals surface area (Å²) >= 11 is 0. The van der Waals surface area contributed by atoms with E-state index in [2.05, 4.69) is 40.7 Å². The van der Waals surface area contributed by atoms with Crippen LogP contribution < -0.4 is 15.4 Å². The van der Waals surface area contributed by atoms with Gasteiger partial charge in [0.2, 0.25) is 5.95 Å². The van der Waals surface area contributed by atoms with Gasteiger partial charge >= 0.3 is 12.3 Å². The van der Waals surface area contributed by atoms with Crippen LogP contribution in [0.5, 0.6) is 5.75 Å². The fourth-order valence-electron chi connectivity index (χ4n) is 5.68. The minimum Gasteiger partial charge on any atom is -0.480 e. The lowest BCUT2D eigenvalue weighted by atomic mass is 9.72. The van der Waals surface area contributed by atoms with E-state index in [-0.39, 0.29) is 11.3 Å². The fraction of sp³-hybridized carbons (Fsp3) is 0.444. The van der Waals surface area contributed by atoms with Crippen molar-refractivity contribution in [1.82, 2.24) is 14.9 Å². The van der Waals surface area contributed by atoms with Gasteiger partial charge < -0.3 is 25.0 Å². The number of carboxylic acid groups (broad SMARTS) is 1. The average molecular weight is 533 g/mol. The molecule has 38 heavy (non-hydrogen) atoms. The molecule has 11 heteroatoms. The van der Waals surface area contributed by atoms with Crippen LogP contribution in [-0.4, -0.2) is 38.9 Å². The van der Waals surface area contributed by atoms with E-state index in [1.54, 1.807) is 18.2 Å². The smallest absolute Gasteiger partial charge is 0.480 e. The number of aromatic nitrogens is 2. The number of anilines is 2. The number of halogens is 3. The van der Waals surface area contributed by atoms with Crippen molar-refractivity contribution < 1.29 is 32.6 Å². The summed E-state index contributed by atoms with van der Waals surface area (Å²) in [5, 5.41) is 14.9. The van der Waals surface area contributed by atoms with Crippen molar-refractivity contribution in [3.05, 3.63) is 48.0 Å². The molecule has 0 bridgehead atoms. The number of hydrogen-bond donors (Lipinski definition) is 3. The fourth-order valence-corrected chi connectivity index (χ4v) is 5.68. The van der Waals surface area contributed by atoms with Gasteiger partial charge in [-0.1, -0.05) is 13.8 Å². The topological polar surface area (TPSA) is 105 Å². The number of benzene rings is 2. The number of fused-ring (bicyclic) bond motifs is 1. The Balaban J connectivity index is 1.76. The van der Waals surface area contributed by atoms with Gasteiger partial charge in [0.1, 0.15) is 11.8 Å². The molecule has 3 aromatic rings. The van der Waals surface area contributed by atoms with Gasteiger partial charge in [-0.2, -0.15) is 0 Å². The Hall–Kier alpha value is -3.76. The molecule has 1 aliphatic rings. The summed E-state index contributed by atoms with van der Waals surface area (Å²) in [5.41, 5.74) is 1.78. The highest BCUT2D eigenvalue weighted by Crippen LogP contribution is 2.44. The van der Waals surface area contributed by atoms with Gasteiger partial charge in [-0.25, -0.2) is 4.98 Å². The van der Waals surface area contributed by atoms with Gasteiger partial charge in [-0.05, 0) is 87.4 Å². The largest absolute Gasteiger partial charge is 0.573 e. The van der Waals surface area contributed by atoms with Gasteiger partial charge in [-0.15, -0.1) is 13.2 Å². The Labute approximate surface area is 218 Å². The van der Waals surface area contributed by atoms with E-state index < -0.39 is 24.3 Å². The highest BCUT2D eigenvalue weighted by molar-refractivity contribution is 5.99. The van der Waals surface area contributed by atoms with Crippen LogP contribution in [0, 0.1) is 11.8 Å². The summed E-state index contributed by atoms with van der Waals surface area (Å²) in [4.78, 5) is 28.8. The monoisotopic (exact) mass is 532 g/mol. The van der Waals surface area contributed by atoms with Gasteiger partial charge in [0.15, 0.2) is 0 Å². The zero-order valence-electron chi connectivity index (χ0n) is 21.6. The molecule has 1 aliphatic carbocycles. The van der Waals surface area contributed by atoms with Crippen LogP contribution in [-0.2, 0) is 10.3 Å². The summed E-state index contributed by atoms with van der Waals surface area (Å²) in [6.45, 7) is 7.93. The molecule has 1 saturated carbocycles. The predicted molar refractivity (Wildman–Crippen MR) is 137 cm³/mol. The van der Waals surface area contributed by atoms with E-state index in [1.165, 1.54) is 31.2 Å². The number of hydrogen-bond acceptors (Lipinski definition) is 5. The van der Waals surface area contributed by atoms with Crippen molar-refractivity contribution in [2.75, 3.05) is 5.32 Å². The van der Waals surface area contributed by atoms with E-state index in [0.717, 1.165) is 19.3 Å². The first-order valence-electron chi connectivity index (χ1n) is 12.4. The molecular weight excluding hydrogens is 501 g/mol.